The Bertz CT molecular complexity index is 1340. The van der Waals surface area contributed by atoms with Crippen LogP contribution in [0, 0.1) is 5.82 Å². The number of methoxy groups -OCH3 is 1. The Hall–Kier alpha value is -3.98. The summed E-state index contributed by atoms with van der Waals surface area (Å²) in [5.74, 6) is 0.562. The summed E-state index contributed by atoms with van der Waals surface area (Å²) >= 11 is 1.14. The summed E-state index contributed by atoms with van der Waals surface area (Å²) in [4.78, 5) is 13.3. The van der Waals surface area contributed by atoms with E-state index in [-0.39, 0.29) is 34.6 Å². The molecule has 35 heavy (non-hydrogen) atoms. The minimum Gasteiger partial charge on any atom is -0.497 e. The van der Waals surface area contributed by atoms with Crippen LogP contribution in [0.2, 0.25) is 0 Å². The van der Waals surface area contributed by atoms with Crippen LogP contribution in [0.3, 0.4) is 0 Å². The fraction of sp³-hybridized carbons (Fsp3) is 0.154. The normalized spacial score (nSPS) is 15.2. The van der Waals surface area contributed by atoms with E-state index < -0.39 is 0 Å². The van der Waals surface area contributed by atoms with Crippen molar-refractivity contribution >= 4 is 23.4 Å². The third-order valence-corrected chi connectivity index (χ3v) is 6.39. The molecule has 1 aliphatic rings. The Balaban J connectivity index is 1.33. The molecular weight excluding hydrogens is 467 g/mol. The third kappa shape index (κ3) is 5.09. The van der Waals surface area contributed by atoms with Gasteiger partial charge in [-0.3, -0.25) is 4.79 Å². The first-order valence-corrected chi connectivity index (χ1v) is 11.9. The van der Waals surface area contributed by atoms with E-state index in [0.717, 1.165) is 34.3 Å². The van der Waals surface area contributed by atoms with Crippen molar-refractivity contribution < 1.29 is 18.3 Å². The molecule has 0 spiro atoms. The highest BCUT2D eigenvalue weighted by atomic mass is 32.2. The second-order valence-corrected chi connectivity index (χ2v) is 8.74. The van der Waals surface area contributed by atoms with Gasteiger partial charge in [0.15, 0.2) is 0 Å². The zero-order valence-electron chi connectivity index (χ0n) is 18.8. The van der Waals surface area contributed by atoms with Crippen LogP contribution in [-0.4, -0.2) is 39.7 Å². The molecule has 1 atom stereocenters. The molecule has 3 aromatic carbocycles. The van der Waals surface area contributed by atoms with Gasteiger partial charge < -0.3 is 9.15 Å². The molecule has 9 heteroatoms. The third-order valence-electron chi connectivity index (χ3n) is 5.59. The van der Waals surface area contributed by atoms with E-state index in [4.69, 9.17) is 9.15 Å². The van der Waals surface area contributed by atoms with Crippen LogP contribution >= 0.6 is 11.8 Å². The summed E-state index contributed by atoms with van der Waals surface area (Å²) in [6.07, 6.45) is 0.599. The van der Waals surface area contributed by atoms with Crippen molar-refractivity contribution in [1.82, 2.24) is 15.2 Å². The Labute approximate surface area is 205 Å². The smallest absolute Gasteiger partial charge is 0.277 e. The van der Waals surface area contributed by atoms with Gasteiger partial charge >= 0.3 is 0 Å². The van der Waals surface area contributed by atoms with Crippen LogP contribution in [0.4, 0.5) is 4.39 Å². The molecule has 7 nitrogen and oxygen atoms in total. The average molecular weight is 489 g/mol. The lowest BCUT2D eigenvalue weighted by molar-refractivity contribution is -0.130. The molecule has 0 N–H and O–H groups in total. The largest absolute Gasteiger partial charge is 0.497 e. The molecule has 1 aromatic heterocycles. The van der Waals surface area contributed by atoms with Crippen molar-refractivity contribution in [2.75, 3.05) is 12.9 Å². The number of hydrazone groups is 1. The number of nitrogens with zero attached hydrogens (tertiary/aromatic N) is 4. The maximum Gasteiger partial charge on any atom is 0.277 e. The highest BCUT2D eigenvalue weighted by Crippen LogP contribution is 2.34. The van der Waals surface area contributed by atoms with E-state index in [1.165, 1.54) is 17.1 Å². The van der Waals surface area contributed by atoms with Gasteiger partial charge in [0, 0.05) is 12.0 Å². The van der Waals surface area contributed by atoms with Crippen LogP contribution < -0.4 is 4.74 Å². The quantitative estimate of drug-likeness (QED) is 0.326. The van der Waals surface area contributed by atoms with Crippen molar-refractivity contribution in [3.05, 3.63) is 95.8 Å². The van der Waals surface area contributed by atoms with Crippen LogP contribution in [0.1, 0.15) is 23.6 Å². The van der Waals surface area contributed by atoms with Crippen molar-refractivity contribution in [1.29, 1.82) is 0 Å². The van der Waals surface area contributed by atoms with Gasteiger partial charge in [-0.15, -0.1) is 10.2 Å². The number of amides is 1. The zero-order chi connectivity index (χ0) is 24.2. The minimum absolute atomic E-state index is 0.0727. The average Bonchev–Trinajstić information content (AvgIpc) is 3.56. The molecule has 1 aliphatic heterocycles. The number of hydrogen-bond donors (Lipinski definition) is 0. The molecule has 5 rings (SSSR count). The maximum absolute atomic E-state index is 13.3. The number of benzene rings is 3. The SMILES string of the molecule is COc1ccc([C@H]2CC(c3ccccc3)=NN2C(=O)CSc2nnc(-c3ccc(F)cc3)o2)cc1. The van der Waals surface area contributed by atoms with Gasteiger partial charge in [-0.2, -0.15) is 5.10 Å². The standard InChI is InChI=1S/C26H21FN4O3S/c1-33-21-13-9-18(10-14-21)23-15-22(17-5-3-2-4-6-17)30-31(23)24(32)16-35-26-29-28-25(34-26)19-7-11-20(27)12-8-19/h2-14,23H,15-16H2,1H3/t23-/m1/s1. The monoisotopic (exact) mass is 488 g/mol. The lowest BCUT2D eigenvalue weighted by Crippen LogP contribution is -2.28. The first-order chi connectivity index (χ1) is 17.1. The van der Waals surface area contributed by atoms with Crippen molar-refractivity contribution in [3.8, 4) is 17.2 Å². The molecule has 0 unspecified atom stereocenters. The predicted octanol–water partition coefficient (Wildman–Crippen LogP) is 5.35. The molecule has 0 saturated heterocycles. The van der Waals surface area contributed by atoms with Gasteiger partial charge in [0.1, 0.15) is 11.6 Å². The Kier molecular flexibility index (Phi) is 6.58. The molecule has 0 saturated carbocycles. The van der Waals surface area contributed by atoms with Gasteiger partial charge in [-0.1, -0.05) is 54.2 Å². The number of hydrogen-bond acceptors (Lipinski definition) is 7. The van der Waals surface area contributed by atoms with E-state index in [9.17, 15) is 9.18 Å². The van der Waals surface area contributed by atoms with E-state index in [1.807, 2.05) is 54.6 Å². The summed E-state index contributed by atoms with van der Waals surface area (Å²) < 4.78 is 24.1. The van der Waals surface area contributed by atoms with Gasteiger partial charge in [-0.25, -0.2) is 9.40 Å². The van der Waals surface area contributed by atoms with Crippen LogP contribution in [0.25, 0.3) is 11.5 Å². The van der Waals surface area contributed by atoms with E-state index in [2.05, 4.69) is 15.3 Å². The van der Waals surface area contributed by atoms with Crippen molar-refractivity contribution in [2.45, 2.75) is 17.7 Å². The second-order valence-electron chi connectivity index (χ2n) is 7.81. The molecule has 0 fully saturated rings. The lowest BCUT2D eigenvalue weighted by atomic mass is 9.98. The number of carbonyl (C=O) groups excluding carboxylic acids is 1. The summed E-state index contributed by atoms with van der Waals surface area (Å²) in [5, 5.41) is 14.5. The second kappa shape index (κ2) is 10.1. The number of ether oxygens (including phenoxy) is 1. The topological polar surface area (TPSA) is 80.8 Å². The predicted molar refractivity (Wildman–Crippen MR) is 131 cm³/mol. The maximum atomic E-state index is 13.3. The van der Waals surface area contributed by atoms with Gasteiger partial charge in [0.25, 0.3) is 11.1 Å². The zero-order valence-corrected chi connectivity index (χ0v) is 19.6. The molecule has 0 bridgehead atoms. The molecule has 4 aromatic rings. The first-order valence-electron chi connectivity index (χ1n) is 10.9. The first kappa shape index (κ1) is 22.8. The highest BCUT2D eigenvalue weighted by Gasteiger charge is 2.33. The Morgan fingerprint density at radius 3 is 2.49 bits per heavy atom. The van der Waals surface area contributed by atoms with Crippen molar-refractivity contribution in [2.24, 2.45) is 5.10 Å². The lowest BCUT2D eigenvalue weighted by Gasteiger charge is -2.22. The van der Waals surface area contributed by atoms with Gasteiger partial charge in [0.05, 0.1) is 24.6 Å². The summed E-state index contributed by atoms with van der Waals surface area (Å²) in [7, 11) is 1.62. The molecule has 0 aliphatic carbocycles. The van der Waals surface area contributed by atoms with Crippen LogP contribution in [0.5, 0.6) is 5.75 Å². The fourth-order valence-corrected chi connectivity index (χ4v) is 4.41. The molecule has 1 amide bonds. The number of rotatable bonds is 7. The van der Waals surface area contributed by atoms with E-state index in [1.54, 1.807) is 19.2 Å². The number of carbonyl (C=O) groups is 1. The van der Waals surface area contributed by atoms with E-state index in [0.29, 0.717) is 12.0 Å². The van der Waals surface area contributed by atoms with Gasteiger partial charge in [0.2, 0.25) is 5.89 Å². The van der Waals surface area contributed by atoms with E-state index >= 15 is 0 Å². The highest BCUT2D eigenvalue weighted by molar-refractivity contribution is 7.99. The summed E-state index contributed by atoms with van der Waals surface area (Å²) in [6, 6.07) is 23.0. The number of aromatic nitrogens is 2. The molecule has 0 radical (unpaired) electrons. The number of thioether (sulfide) groups is 1. The molecular formula is C26H21FN4O3S. The molecule has 2 heterocycles. The van der Waals surface area contributed by atoms with Crippen LogP contribution in [0.15, 0.2) is 93.6 Å². The summed E-state index contributed by atoms with van der Waals surface area (Å²) in [5.41, 5.74) is 3.40. The molecule has 176 valence electrons. The Morgan fingerprint density at radius 1 is 1.03 bits per heavy atom. The minimum atomic E-state index is -0.346. The summed E-state index contributed by atoms with van der Waals surface area (Å²) in [6.45, 7) is 0. The van der Waals surface area contributed by atoms with Gasteiger partial charge in [-0.05, 0) is 47.5 Å². The fourth-order valence-electron chi connectivity index (χ4n) is 3.80. The van der Waals surface area contributed by atoms with Crippen LogP contribution in [-0.2, 0) is 4.79 Å². The number of halogens is 1. The van der Waals surface area contributed by atoms with Crippen molar-refractivity contribution in [3.63, 3.8) is 0 Å². The Morgan fingerprint density at radius 2 is 1.77 bits per heavy atom.